The zero-order chi connectivity index (χ0) is 20.8. The number of nitrogen functional groups attached to an aromatic ring is 1. The average Bonchev–Trinajstić information content (AvgIpc) is 3.03. The molecular formula is C19H24N6O4. The van der Waals surface area contributed by atoms with E-state index >= 15 is 0 Å². The van der Waals surface area contributed by atoms with Gasteiger partial charge in [-0.3, -0.25) is 9.36 Å². The van der Waals surface area contributed by atoms with Crippen molar-refractivity contribution in [3.05, 3.63) is 45.9 Å². The van der Waals surface area contributed by atoms with Crippen LogP contribution in [-0.2, 0) is 22.6 Å². The zero-order valence-corrected chi connectivity index (χ0v) is 16.4. The van der Waals surface area contributed by atoms with Crippen molar-refractivity contribution in [2.75, 3.05) is 26.1 Å². The first-order valence-corrected chi connectivity index (χ1v) is 9.24. The number of hydrogen-bond acceptors (Lipinski definition) is 7. The Hall–Kier alpha value is -3.40. The van der Waals surface area contributed by atoms with Crippen molar-refractivity contribution in [2.24, 2.45) is 0 Å². The molecule has 0 saturated heterocycles. The number of methoxy groups -OCH3 is 1. The lowest BCUT2D eigenvalue weighted by Crippen LogP contribution is -2.21. The third-order valence-electron chi connectivity index (χ3n) is 4.32. The van der Waals surface area contributed by atoms with Gasteiger partial charge in [-0.25, -0.2) is 4.79 Å². The summed E-state index contributed by atoms with van der Waals surface area (Å²) >= 11 is 0. The van der Waals surface area contributed by atoms with Crippen LogP contribution < -0.4 is 21.5 Å². The van der Waals surface area contributed by atoms with Gasteiger partial charge in [-0.1, -0.05) is 31.2 Å². The van der Waals surface area contributed by atoms with E-state index in [1.807, 2.05) is 31.2 Å². The first-order valence-electron chi connectivity index (χ1n) is 9.24. The highest BCUT2D eigenvalue weighted by atomic mass is 16.5. The van der Waals surface area contributed by atoms with Crippen LogP contribution in [0.4, 0.5) is 5.82 Å². The summed E-state index contributed by atoms with van der Waals surface area (Å²) in [4.78, 5) is 34.9. The Balaban J connectivity index is 1.81. The number of nitrogens with one attached hydrogen (secondary N) is 2. The number of anilines is 1. The molecule has 0 radical (unpaired) electrons. The van der Waals surface area contributed by atoms with Gasteiger partial charge in [0.05, 0.1) is 13.2 Å². The minimum absolute atomic E-state index is 0.000200. The van der Waals surface area contributed by atoms with Gasteiger partial charge in [0.2, 0.25) is 5.91 Å². The zero-order valence-electron chi connectivity index (χ0n) is 16.4. The second kappa shape index (κ2) is 9.20. The predicted molar refractivity (Wildman–Crippen MR) is 108 cm³/mol. The van der Waals surface area contributed by atoms with E-state index in [9.17, 15) is 9.59 Å². The van der Waals surface area contributed by atoms with Crippen molar-refractivity contribution in [2.45, 2.75) is 26.4 Å². The van der Waals surface area contributed by atoms with Crippen molar-refractivity contribution in [3.8, 4) is 6.01 Å². The Kier molecular flexibility index (Phi) is 6.45. The Bertz CT molecular complexity index is 1040. The van der Waals surface area contributed by atoms with E-state index in [4.69, 9.17) is 15.2 Å². The maximum absolute atomic E-state index is 12.4. The van der Waals surface area contributed by atoms with Crippen LogP contribution in [0.25, 0.3) is 11.2 Å². The number of fused-ring (bicyclic) bond motifs is 1. The fourth-order valence-corrected chi connectivity index (χ4v) is 2.73. The lowest BCUT2D eigenvalue weighted by Gasteiger charge is -2.08. The third kappa shape index (κ3) is 4.91. The minimum Gasteiger partial charge on any atom is -0.461 e. The molecule has 2 heterocycles. The number of aromatic amines is 1. The third-order valence-corrected chi connectivity index (χ3v) is 4.32. The molecule has 0 spiro atoms. The molecule has 0 aliphatic carbocycles. The molecule has 29 heavy (non-hydrogen) atoms. The molecule has 10 heteroatoms. The molecule has 0 aliphatic rings. The van der Waals surface area contributed by atoms with E-state index < -0.39 is 0 Å². The van der Waals surface area contributed by atoms with E-state index in [-0.39, 0.29) is 30.0 Å². The minimum atomic E-state index is -0.339. The van der Waals surface area contributed by atoms with Gasteiger partial charge in [-0.05, 0) is 11.1 Å². The monoisotopic (exact) mass is 400 g/mol. The summed E-state index contributed by atoms with van der Waals surface area (Å²) in [5, 5.41) is 2.83. The van der Waals surface area contributed by atoms with Crippen molar-refractivity contribution in [1.29, 1.82) is 0 Å². The van der Waals surface area contributed by atoms with Gasteiger partial charge in [0.25, 0.3) is 0 Å². The SMILES string of the molecule is CCC(=O)NCc1ccc(Cn2c(=O)[nH]c3c(N)nc(OCCOC)nc32)cc1. The van der Waals surface area contributed by atoms with Gasteiger partial charge in [0.1, 0.15) is 12.1 Å². The number of H-pyrrole nitrogens is 1. The molecule has 10 nitrogen and oxygen atoms in total. The van der Waals surface area contributed by atoms with Crippen LogP contribution >= 0.6 is 0 Å². The smallest absolute Gasteiger partial charge is 0.328 e. The molecule has 2 aromatic heterocycles. The topological polar surface area (TPSA) is 137 Å². The molecule has 1 aromatic carbocycles. The molecule has 154 valence electrons. The first-order chi connectivity index (χ1) is 14.0. The van der Waals surface area contributed by atoms with Crippen molar-refractivity contribution >= 4 is 22.9 Å². The average molecular weight is 400 g/mol. The number of hydrogen-bond donors (Lipinski definition) is 3. The molecule has 3 rings (SSSR count). The molecule has 0 saturated carbocycles. The summed E-state index contributed by atoms with van der Waals surface area (Å²) in [7, 11) is 1.56. The van der Waals surface area contributed by atoms with Gasteiger partial charge in [0.15, 0.2) is 11.5 Å². The number of aromatic nitrogens is 4. The van der Waals surface area contributed by atoms with Crippen LogP contribution in [0.3, 0.4) is 0 Å². The summed E-state index contributed by atoms with van der Waals surface area (Å²) in [6, 6.07) is 7.71. The molecule has 0 atom stereocenters. The van der Waals surface area contributed by atoms with Crippen LogP contribution in [0.1, 0.15) is 24.5 Å². The Labute approximate surface area is 167 Å². The normalized spacial score (nSPS) is 11.0. The lowest BCUT2D eigenvalue weighted by molar-refractivity contribution is -0.120. The molecule has 4 N–H and O–H groups in total. The van der Waals surface area contributed by atoms with Crippen molar-refractivity contribution < 1.29 is 14.3 Å². The number of rotatable bonds is 9. The fraction of sp³-hybridized carbons (Fsp3) is 0.368. The number of carbonyl (C=O) groups is 1. The number of benzene rings is 1. The van der Waals surface area contributed by atoms with Gasteiger partial charge in [-0.15, -0.1) is 0 Å². The first kappa shape index (κ1) is 20.3. The Morgan fingerprint density at radius 3 is 2.62 bits per heavy atom. The molecule has 0 unspecified atom stereocenters. The molecule has 0 fully saturated rings. The predicted octanol–water partition coefficient (Wildman–Crippen LogP) is 0.802. The molecule has 3 aromatic rings. The number of carbonyl (C=O) groups excluding carboxylic acids is 1. The Morgan fingerprint density at radius 1 is 1.21 bits per heavy atom. The lowest BCUT2D eigenvalue weighted by atomic mass is 10.1. The molecule has 1 amide bonds. The second-order valence-corrected chi connectivity index (χ2v) is 6.39. The standard InChI is InChI=1S/C19H24N6O4/c1-3-14(26)21-10-12-4-6-13(7-5-12)11-25-17-15(22-19(25)27)16(20)23-18(24-17)29-9-8-28-2/h4-7H,3,8-11H2,1-2H3,(H,21,26)(H,22,27)(H2,20,23,24). The number of amides is 1. The van der Waals surface area contributed by atoms with Crippen LogP contribution in [0.5, 0.6) is 6.01 Å². The molecular weight excluding hydrogens is 376 g/mol. The Morgan fingerprint density at radius 2 is 1.93 bits per heavy atom. The maximum Gasteiger partial charge on any atom is 0.328 e. The van der Waals surface area contributed by atoms with E-state index in [0.717, 1.165) is 11.1 Å². The van der Waals surface area contributed by atoms with E-state index in [1.165, 1.54) is 4.57 Å². The summed E-state index contributed by atoms with van der Waals surface area (Å²) in [5.41, 5.74) is 8.22. The summed E-state index contributed by atoms with van der Waals surface area (Å²) in [5.74, 6) is 0.139. The highest BCUT2D eigenvalue weighted by Gasteiger charge is 2.15. The largest absolute Gasteiger partial charge is 0.461 e. The van der Waals surface area contributed by atoms with Crippen molar-refractivity contribution in [3.63, 3.8) is 0 Å². The summed E-state index contributed by atoms with van der Waals surface area (Å²) < 4.78 is 11.8. The highest BCUT2D eigenvalue weighted by Crippen LogP contribution is 2.18. The number of ether oxygens (including phenoxy) is 2. The van der Waals surface area contributed by atoms with Gasteiger partial charge >= 0.3 is 11.7 Å². The number of nitrogens with two attached hydrogens (primary N) is 1. The van der Waals surface area contributed by atoms with Gasteiger partial charge < -0.3 is 25.5 Å². The fourth-order valence-electron chi connectivity index (χ4n) is 2.73. The van der Waals surface area contributed by atoms with E-state index in [1.54, 1.807) is 7.11 Å². The van der Waals surface area contributed by atoms with Crippen LogP contribution in [0.2, 0.25) is 0 Å². The molecule has 0 bridgehead atoms. The maximum atomic E-state index is 12.4. The van der Waals surface area contributed by atoms with Gasteiger partial charge in [0, 0.05) is 20.1 Å². The van der Waals surface area contributed by atoms with Gasteiger partial charge in [-0.2, -0.15) is 9.97 Å². The highest BCUT2D eigenvalue weighted by molar-refractivity contribution is 5.82. The number of imidazole rings is 1. The number of nitrogens with zero attached hydrogens (tertiary/aromatic N) is 3. The van der Waals surface area contributed by atoms with E-state index in [0.29, 0.717) is 37.3 Å². The second-order valence-electron chi connectivity index (χ2n) is 6.39. The van der Waals surface area contributed by atoms with Crippen LogP contribution in [0, 0.1) is 0 Å². The van der Waals surface area contributed by atoms with Crippen LogP contribution in [-0.4, -0.2) is 45.7 Å². The van der Waals surface area contributed by atoms with E-state index in [2.05, 4.69) is 20.3 Å². The summed E-state index contributed by atoms with van der Waals surface area (Å²) in [6.45, 7) is 3.22. The van der Waals surface area contributed by atoms with Crippen LogP contribution in [0.15, 0.2) is 29.1 Å². The quantitative estimate of drug-likeness (QED) is 0.452. The molecule has 0 aliphatic heterocycles. The summed E-state index contributed by atoms with van der Waals surface area (Å²) in [6.07, 6.45) is 0.448. The van der Waals surface area contributed by atoms with Crippen molar-refractivity contribution in [1.82, 2.24) is 24.8 Å².